The van der Waals surface area contributed by atoms with Crippen LogP contribution in [-0.4, -0.2) is 47.5 Å². The van der Waals surface area contributed by atoms with E-state index >= 15 is 0 Å². The Labute approximate surface area is 183 Å². The molecule has 3 rings (SSSR count). The second-order valence-corrected chi connectivity index (χ2v) is 7.45. The van der Waals surface area contributed by atoms with Gasteiger partial charge in [0.1, 0.15) is 0 Å². The van der Waals surface area contributed by atoms with E-state index in [2.05, 4.69) is 44.8 Å². The fourth-order valence-corrected chi connectivity index (χ4v) is 2.96. The van der Waals surface area contributed by atoms with Crippen molar-refractivity contribution in [2.45, 2.75) is 20.4 Å². The molecule has 0 spiro atoms. The summed E-state index contributed by atoms with van der Waals surface area (Å²) in [5.74, 6) is 0.370. The highest BCUT2D eigenvalue weighted by Gasteiger charge is 2.08. The normalized spacial score (nSPS) is 10.8. The number of hydrogen-bond donors (Lipinski definition) is 3. The van der Waals surface area contributed by atoms with Gasteiger partial charge in [-0.25, -0.2) is 9.97 Å². The fraction of sp³-hybridized carbons (Fsp3) is 0.292. The smallest absolute Gasteiger partial charge is 0.255 e. The van der Waals surface area contributed by atoms with E-state index in [0.29, 0.717) is 17.2 Å². The Bertz CT molecular complexity index is 975. The lowest BCUT2D eigenvalue weighted by atomic mass is 10.1. The number of anilines is 3. The van der Waals surface area contributed by atoms with Crippen molar-refractivity contribution in [3.63, 3.8) is 0 Å². The van der Waals surface area contributed by atoms with Gasteiger partial charge in [-0.15, -0.1) is 0 Å². The van der Waals surface area contributed by atoms with E-state index in [-0.39, 0.29) is 5.91 Å². The lowest BCUT2D eigenvalue weighted by Crippen LogP contribution is -2.28. The van der Waals surface area contributed by atoms with Gasteiger partial charge in [0.25, 0.3) is 5.91 Å². The predicted molar refractivity (Wildman–Crippen MR) is 126 cm³/mol. The zero-order valence-corrected chi connectivity index (χ0v) is 18.4. The van der Waals surface area contributed by atoms with E-state index in [1.807, 2.05) is 49.4 Å². The van der Waals surface area contributed by atoms with Crippen LogP contribution in [0.3, 0.4) is 0 Å². The molecule has 7 nitrogen and oxygen atoms in total. The first-order valence-corrected chi connectivity index (χ1v) is 10.5. The lowest BCUT2D eigenvalue weighted by molar-refractivity contribution is 0.102. The van der Waals surface area contributed by atoms with E-state index in [0.717, 1.165) is 43.0 Å². The van der Waals surface area contributed by atoms with Crippen LogP contribution in [0.5, 0.6) is 0 Å². The number of aromatic nitrogens is 2. The van der Waals surface area contributed by atoms with Gasteiger partial charge in [-0.05, 0) is 62.0 Å². The van der Waals surface area contributed by atoms with Crippen LogP contribution in [0, 0.1) is 6.92 Å². The third-order valence-corrected chi connectivity index (χ3v) is 5.06. The van der Waals surface area contributed by atoms with Gasteiger partial charge < -0.3 is 20.9 Å². The van der Waals surface area contributed by atoms with Crippen molar-refractivity contribution in [2.75, 3.05) is 37.3 Å². The van der Waals surface area contributed by atoms with Gasteiger partial charge in [0, 0.05) is 49.0 Å². The van der Waals surface area contributed by atoms with Crippen molar-refractivity contribution in [1.82, 2.24) is 20.2 Å². The number of nitrogens with one attached hydrogen (secondary N) is 3. The van der Waals surface area contributed by atoms with Crippen LogP contribution in [0.2, 0.25) is 0 Å². The summed E-state index contributed by atoms with van der Waals surface area (Å²) in [4.78, 5) is 23.3. The molecule has 162 valence electrons. The molecule has 3 aromatic rings. The highest BCUT2D eigenvalue weighted by Crippen LogP contribution is 2.23. The molecule has 31 heavy (non-hydrogen) atoms. The molecular weight excluding hydrogens is 388 g/mol. The van der Waals surface area contributed by atoms with Crippen LogP contribution in [0.25, 0.3) is 0 Å². The summed E-state index contributed by atoms with van der Waals surface area (Å²) in [5.41, 5.74) is 4.36. The number of likely N-dealkylation sites (N-methyl/N-ethyl adjacent to an activating group) is 1. The Morgan fingerprint density at radius 1 is 1.06 bits per heavy atom. The summed E-state index contributed by atoms with van der Waals surface area (Å²) in [6.07, 6.45) is 3.36. The average molecular weight is 419 g/mol. The van der Waals surface area contributed by atoms with Crippen LogP contribution in [-0.2, 0) is 6.54 Å². The number of carbonyl (C=O) groups excluding carboxylic acids is 1. The molecule has 2 aromatic carbocycles. The lowest BCUT2D eigenvalue weighted by Gasteiger charge is -2.14. The molecular formula is C24H30N6O. The maximum Gasteiger partial charge on any atom is 0.255 e. The van der Waals surface area contributed by atoms with Crippen LogP contribution < -0.4 is 16.0 Å². The number of aryl methyl sites for hydroxylation is 1. The molecule has 0 fully saturated rings. The monoisotopic (exact) mass is 418 g/mol. The second kappa shape index (κ2) is 11.2. The summed E-state index contributed by atoms with van der Waals surface area (Å²) in [6, 6.07) is 15.2. The van der Waals surface area contributed by atoms with Crippen molar-refractivity contribution in [3.05, 3.63) is 77.6 Å². The predicted octanol–water partition coefficient (Wildman–Crippen LogP) is 3.82. The SMILES string of the molecule is CCN(C)CCNCc1ccc(C(=O)Nc2ccc(C)c(Nc3ncccn3)c2)cc1. The Hall–Kier alpha value is -3.29. The molecule has 0 aliphatic rings. The summed E-state index contributed by atoms with van der Waals surface area (Å²) < 4.78 is 0. The summed E-state index contributed by atoms with van der Waals surface area (Å²) in [6.45, 7) is 7.92. The largest absolute Gasteiger partial charge is 0.324 e. The van der Waals surface area contributed by atoms with Crippen molar-refractivity contribution in [3.8, 4) is 0 Å². The van der Waals surface area contributed by atoms with Crippen molar-refractivity contribution >= 4 is 23.2 Å². The standard InChI is InChI=1S/C24H30N6O/c1-4-30(3)15-14-25-17-19-7-9-20(10-8-19)23(31)28-21-11-6-18(2)22(16-21)29-24-26-12-5-13-27-24/h5-13,16,25H,4,14-15,17H2,1-3H3,(H,28,31)(H,26,27,29). The third kappa shape index (κ3) is 6.87. The molecule has 1 heterocycles. The highest BCUT2D eigenvalue weighted by atomic mass is 16.1. The number of nitrogens with zero attached hydrogens (tertiary/aromatic N) is 3. The van der Waals surface area contributed by atoms with Gasteiger partial charge in [-0.3, -0.25) is 4.79 Å². The van der Waals surface area contributed by atoms with Crippen LogP contribution in [0.4, 0.5) is 17.3 Å². The molecule has 0 bridgehead atoms. The van der Waals surface area contributed by atoms with Crippen molar-refractivity contribution < 1.29 is 4.79 Å². The van der Waals surface area contributed by atoms with E-state index in [1.54, 1.807) is 18.5 Å². The molecule has 0 atom stereocenters. The Morgan fingerprint density at radius 2 is 1.81 bits per heavy atom. The van der Waals surface area contributed by atoms with Gasteiger partial charge in [0.2, 0.25) is 5.95 Å². The van der Waals surface area contributed by atoms with Gasteiger partial charge in [0.15, 0.2) is 0 Å². The molecule has 0 aliphatic carbocycles. The van der Waals surface area contributed by atoms with Gasteiger partial charge in [-0.1, -0.05) is 25.1 Å². The molecule has 3 N–H and O–H groups in total. The third-order valence-electron chi connectivity index (χ3n) is 5.06. The maximum absolute atomic E-state index is 12.7. The zero-order chi connectivity index (χ0) is 22.1. The molecule has 0 aliphatic heterocycles. The van der Waals surface area contributed by atoms with Crippen molar-refractivity contribution in [2.24, 2.45) is 0 Å². The number of amides is 1. The topological polar surface area (TPSA) is 82.2 Å². The fourth-order valence-electron chi connectivity index (χ4n) is 2.96. The number of rotatable bonds is 10. The average Bonchev–Trinajstić information content (AvgIpc) is 2.80. The molecule has 0 saturated heterocycles. The van der Waals surface area contributed by atoms with Gasteiger partial charge in [0.05, 0.1) is 0 Å². The minimum atomic E-state index is -0.144. The first-order valence-electron chi connectivity index (χ1n) is 10.5. The quantitative estimate of drug-likeness (QED) is 0.434. The van der Waals surface area contributed by atoms with E-state index in [4.69, 9.17) is 0 Å². The van der Waals surface area contributed by atoms with Crippen LogP contribution in [0.1, 0.15) is 28.4 Å². The van der Waals surface area contributed by atoms with E-state index in [1.165, 1.54) is 0 Å². The highest BCUT2D eigenvalue weighted by molar-refractivity contribution is 6.04. The summed E-state index contributed by atoms with van der Waals surface area (Å²) in [7, 11) is 2.11. The summed E-state index contributed by atoms with van der Waals surface area (Å²) in [5, 5.41) is 9.57. The zero-order valence-electron chi connectivity index (χ0n) is 18.4. The van der Waals surface area contributed by atoms with Crippen LogP contribution >= 0.6 is 0 Å². The molecule has 0 saturated carbocycles. The molecule has 7 heteroatoms. The minimum Gasteiger partial charge on any atom is -0.324 e. The minimum absolute atomic E-state index is 0.144. The first-order chi connectivity index (χ1) is 15.0. The molecule has 1 aromatic heterocycles. The Balaban J connectivity index is 1.56. The van der Waals surface area contributed by atoms with Crippen molar-refractivity contribution in [1.29, 1.82) is 0 Å². The van der Waals surface area contributed by atoms with Gasteiger partial charge in [-0.2, -0.15) is 0 Å². The molecule has 0 unspecified atom stereocenters. The van der Waals surface area contributed by atoms with Gasteiger partial charge >= 0.3 is 0 Å². The molecule has 1 amide bonds. The second-order valence-electron chi connectivity index (χ2n) is 7.45. The first kappa shape index (κ1) is 22.4. The Morgan fingerprint density at radius 3 is 2.52 bits per heavy atom. The number of hydrogen-bond acceptors (Lipinski definition) is 6. The maximum atomic E-state index is 12.7. The summed E-state index contributed by atoms with van der Waals surface area (Å²) >= 11 is 0. The van der Waals surface area contributed by atoms with E-state index < -0.39 is 0 Å². The van der Waals surface area contributed by atoms with E-state index in [9.17, 15) is 4.79 Å². The Kier molecular flexibility index (Phi) is 8.09. The number of carbonyl (C=O) groups is 1. The van der Waals surface area contributed by atoms with Crippen LogP contribution in [0.15, 0.2) is 60.9 Å². The molecule has 0 radical (unpaired) electrons. The number of benzene rings is 2.